The van der Waals surface area contributed by atoms with Gasteiger partial charge in [0, 0.05) is 38.5 Å². The molecule has 4 nitrogen and oxygen atoms in total. The maximum Gasteiger partial charge on any atom is 0.0724 e. The molecular formula is C13H23N3O. The van der Waals surface area contributed by atoms with Crippen LogP contribution in [-0.4, -0.2) is 29.0 Å². The average molecular weight is 237 g/mol. The van der Waals surface area contributed by atoms with E-state index in [2.05, 4.69) is 23.5 Å². The molecular weight excluding hydrogens is 214 g/mol. The lowest BCUT2D eigenvalue weighted by molar-refractivity contribution is 0.0847. The number of nitrogens with one attached hydrogen (secondary N) is 1. The summed E-state index contributed by atoms with van der Waals surface area (Å²) in [6, 6.07) is 0.505. The van der Waals surface area contributed by atoms with Gasteiger partial charge >= 0.3 is 0 Å². The highest BCUT2D eigenvalue weighted by Gasteiger charge is 2.26. The Hall–Kier alpha value is -0.870. The van der Waals surface area contributed by atoms with E-state index >= 15 is 0 Å². The predicted molar refractivity (Wildman–Crippen MR) is 67.9 cm³/mol. The summed E-state index contributed by atoms with van der Waals surface area (Å²) in [5.74, 6) is 0. The Morgan fingerprint density at radius 3 is 3.06 bits per heavy atom. The van der Waals surface area contributed by atoms with Crippen LogP contribution >= 0.6 is 0 Å². The van der Waals surface area contributed by atoms with Gasteiger partial charge in [0.05, 0.1) is 11.8 Å². The first-order valence-corrected chi connectivity index (χ1v) is 6.52. The van der Waals surface area contributed by atoms with Crippen molar-refractivity contribution in [1.82, 2.24) is 15.1 Å². The molecule has 4 heteroatoms. The molecule has 17 heavy (non-hydrogen) atoms. The Kier molecular flexibility index (Phi) is 4.18. The standard InChI is InChI=1S/C13H23N3O/c1-4-11-10(9-16(2)15-11)8-14-12-6-5-7-13(12)17-3/h9,12-14H,4-8H2,1-3H3. The Morgan fingerprint density at radius 2 is 2.35 bits per heavy atom. The maximum absolute atomic E-state index is 5.49. The molecule has 0 aromatic carbocycles. The average Bonchev–Trinajstić information content (AvgIpc) is 2.91. The second kappa shape index (κ2) is 5.65. The molecule has 96 valence electrons. The normalized spacial score (nSPS) is 24.4. The molecule has 0 saturated heterocycles. The molecule has 0 bridgehead atoms. The quantitative estimate of drug-likeness (QED) is 0.846. The Morgan fingerprint density at radius 1 is 1.53 bits per heavy atom. The third-order valence-electron chi connectivity index (χ3n) is 3.64. The highest BCUT2D eigenvalue weighted by atomic mass is 16.5. The lowest BCUT2D eigenvalue weighted by atomic mass is 10.1. The van der Waals surface area contributed by atoms with Gasteiger partial charge in [-0.1, -0.05) is 6.92 Å². The second-order valence-electron chi connectivity index (χ2n) is 4.82. The third kappa shape index (κ3) is 2.87. The van der Waals surface area contributed by atoms with Crippen LogP contribution in [-0.2, 0) is 24.8 Å². The Bertz CT molecular complexity index is 362. The molecule has 1 aromatic rings. The number of methoxy groups -OCH3 is 1. The lowest BCUT2D eigenvalue weighted by Crippen LogP contribution is -2.36. The zero-order chi connectivity index (χ0) is 12.3. The molecule has 1 heterocycles. The molecule has 0 amide bonds. The highest BCUT2D eigenvalue weighted by molar-refractivity contribution is 5.16. The maximum atomic E-state index is 5.49. The molecule has 1 aromatic heterocycles. The van der Waals surface area contributed by atoms with Gasteiger partial charge < -0.3 is 10.1 Å². The van der Waals surface area contributed by atoms with Crippen molar-refractivity contribution in [3.8, 4) is 0 Å². The summed E-state index contributed by atoms with van der Waals surface area (Å²) in [5, 5.41) is 8.07. The fraction of sp³-hybridized carbons (Fsp3) is 0.769. The van der Waals surface area contributed by atoms with Crippen molar-refractivity contribution >= 4 is 0 Å². The molecule has 2 atom stereocenters. The van der Waals surface area contributed by atoms with Gasteiger partial charge in [-0.15, -0.1) is 0 Å². The Labute approximate surface area is 103 Å². The Balaban J connectivity index is 1.92. The summed E-state index contributed by atoms with van der Waals surface area (Å²) >= 11 is 0. The van der Waals surface area contributed by atoms with Crippen molar-refractivity contribution in [2.24, 2.45) is 7.05 Å². The summed E-state index contributed by atoms with van der Waals surface area (Å²) < 4.78 is 7.39. The number of hydrogen-bond acceptors (Lipinski definition) is 3. The van der Waals surface area contributed by atoms with Crippen molar-refractivity contribution in [1.29, 1.82) is 0 Å². The highest BCUT2D eigenvalue weighted by Crippen LogP contribution is 2.22. The van der Waals surface area contributed by atoms with Gasteiger partial charge in [-0.25, -0.2) is 0 Å². The van der Waals surface area contributed by atoms with E-state index in [0.29, 0.717) is 12.1 Å². The molecule has 1 aliphatic rings. The van der Waals surface area contributed by atoms with E-state index in [0.717, 1.165) is 13.0 Å². The van der Waals surface area contributed by atoms with Crippen LogP contribution in [0.5, 0.6) is 0 Å². The van der Waals surface area contributed by atoms with Gasteiger partial charge in [0.2, 0.25) is 0 Å². The van der Waals surface area contributed by atoms with Crippen LogP contribution in [0.3, 0.4) is 0 Å². The van der Waals surface area contributed by atoms with Crippen molar-refractivity contribution in [2.45, 2.75) is 51.3 Å². The van der Waals surface area contributed by atoms with E-state index in [1.165, 1.54) is 30.5 Å². The van der Waals surface area contributed by atoms with Gasteiger partial charge in [0.25, 0.3) is 0 Å². The van der Waals surface area contributed by atoms with Crippen molar-refractivity contribution in [3.63, 3.8) is 0 Å². The largest absolute Gasteiger partial charge is 0.380 e. The number of nitrogens with zero attached hydrogens (tertiary/aromatic N) is 2. The van der Waals surface area contributed by atoms with E-state index < -0.39 is 0 Å². The summed E-state index contributed by atoms with van der Waals surface area (Å²) in [4.78, 5) is 0. The van der Waals surface area contributed by atoms with Crippen LogP contribution in [0.15, 0.2) is 6.20 Å². The van der Waals surface area contributed by atoms with E-state index in [4.69, 9.17) is 4.74 Å². The molecule has 2 rings (SSSR count). The number of rotatable bonds is 5. The second-order valence-corrected chi connectivity index (χ2v) is 4.82. The number of hydrogen-bond donors (Lipinski definition) is 1. The number of aromatic nitrogens is 2. The van der Waals surface area contributed by atoms with Gasteiger partial charge in [0.15, 0.2) is 0 Å². The zero-order valence-corrected chi connectivity index (χ0v) is 11.1. The summed E-state index contributed by atoms with van der Waals surface area (Å²) in [6.07, 6.45) is 7.17. The monoisotopic (exact) mass is 237 g/mol. The SMILES string of the molecule is CCc1nn(C)cc1CNC1CCCC1OC. The molecule has 1 aliphatic carbocycles. The molecule has 1 saturated carbocycles. The summed E-state index contributed by atoms with van der Waals surface area (Å²) in [7, 11) is 3.79. The van der Waals surface area contributed by atoms with Gasteiger partial charge in [0.1, 0.15) is 0 Å². The molecule has 0 spiro atoms. The van der Waals surface area contributed by atoms with Gasteiger partial charge in [-0.05, 0) is 25.7 Å². The van der Waals surface area contributed by atoms with Crippen LogP contribution in [0.25, 0.3) is 0 Å². The van der Waals surface area contributed by atoms with Crippen LogP contribution in [0, 0.1) is 0 Å². The molecule has 0 aliphatic heterocycles. The van der Waals surface area contributed by atoms with Crippen LogP contribution in [0.1, 0.15) is 37.4 Å². The first-order valence-electron chi connectivity index (χ1n) is 6.52. The van der Waals surface area contributed by atoms with Crippen molar-refractivity contribution < 1.29 is 4.74 Å². The van der Waals surface area contributed by atoms with E-state index in [9.17, 15) is 0 Å². The minimum Gasteiger partial charge on any atom is -0.380 e. The summed E-state index contributed by atoms with van der Waals surface area (Å²) in [6.45, 7) is 3.06. The topological polar surface area (TPSA) is 39.1 Å². The van der Waals surface area contributed by atoms with Crippen LogP contribution < -0.4 is 5.32 Å². The minimum absolute atomic E-state index is 0.386. The third-order valence-corrected chi connectivity index (χ3v) is 3.64. The van der Waals surface area contributed by atoms with Crippen molar-refractivity contribution in [3.05, 3.63) is 17.5 Å². The predicted octanol–water partition coefficient (Wildman–Crippen LogP) is 1.64. The smallest absolute Gasteiger partial charge is 0.0724 e. The van der Waals surface area contributed by atoms with E-state index in [-0.39, 0.29) is 0 Å². The molecule has 0 radical (unpaired) electrons. The van der Waals surface area contributed by atoms with Gasteiger partial charge in [-0.2, -0.15) is 5.10 Å². The number of ether oxygens (including phenoxy) is 1. The molecule has 1 N–H and O–H groups in total. The van der Waals surface area contributed by atoms with E-state index in [1.54, 1.807) is 0 Å². The summed E-state index contributed by atoms with van der Waals surface area (Å²) in [5.41, 5.74) is 2.52. The lowest BCUT2D eigenvalue weighted by Gasteiger charge is -2.19. The van der Waals surface area contributed by atoms with Gasteiger partial charge in [-0.3, -0.25) is 4.68 Å². The van der Waals surface area contributed by atoms with E-state index in [1.807, 2.05) is 18.8 Å². The zero-order valence-electron chi connectivity index (χ0n) is 11.1. The minimum atomic E-state index is 0.386. The van der Waals surface area contributed by atoms with Crippen LogP contribution in [0.4, 0.5) is 0 Å². The molecule has 2 unspecified atom stereocenters. The fourth-order valence-electron chi connectivity index (χ4n) is 2.71. The fourth-order valence-corrected chi connectivity index (χ4v) is 2.71. The van der Waals surface area contributed by atoms with Crippen LogP contribution in [0.2, 0.25) is 0 Å². The number of aryl methyl sites for hydroxylation is 2. The first kappa shape index (κ1) is 12.6. The van der Waals surface area contributed by atoms with Crippen molar-refractivity contribution in [2.75, 3.05) is 7.11 Å². The first-order chi connectivity index (χ1) is 8.24. The molecule has 1 fully saturated rings.